The van der Waals surface area contributed by atoms with Crippen LogP contribution in [0.3, 0.4) is 0 Å². The molecule has 0 saturated carbocycles. The summed E-state index contributed by atoms with van der Waals surface area (Å²) in [4.78, 5) is 2.18. The smallest absolute Gasteiger partial charge is 0.150 e. The summed E-state index contributed by atoms with van der Waals surface area (Å²) in [6.45, 7) is 2.81. The van der Waals surface area contributed by atoms with Crippen LogP contribution < -0.4 is 5.73 Å². The van der Waals surface area contributed by atoms with Crippen LogP contribution in [-0.2, 0) is 9.84 Å². The van der Waals surface area contributed by atoms with Crippen LogP contribution in [0, 0.1) is 0 Å². The van der Waals surface area contributed by atoms with Gasteiger partial charge in [-0.25, -0.2) is 8.42 Å². The Labute approximate surface area is 86.4 Å². The third kappa shape index (κ3) is 3.55. The number of sulfone groups is 1. The predicted molar refractivity (Wildman–Crippen MR) is 58.0 cm³/mol. The van der Waals surface area contributed by atoms with Crippen molar-refractivity contribution in [3.05, 3.63) is 0 Å². The van der Waals surface area contributed by atoms with Gasteiger partial charge in [-0.3, -0.25) is 0 Å². The first-order chi connectivity index (χ1) is 6.41. The lowest BCUT2D eigenvalue weighted by Crippen LogP contribution is -2.43. The van der Waals surface area contributed by atoms with E-state index in [0.29, 0.717) is 17.5 Å². The van der Waals surface area contributed by atoms with Gasteiger partial charge in [0.15, 0.2) is 0 Å². The summed E-state index contributed by atoms with van der Waals surface area (Å²) < 4.78 is 22.4. The normalized spacial score (nSPS) is 25.1. The summed E-state index contributed by atoms with van der Waals surface area (Å²) in [5.74, 6) is 0.669. The number of nitrogens with zero attached hydrogens (tertiary/aromatic N) is 1. The molecule has 0 spiro atoms. The van der Waals surface area contributed by atoms with Crippen molar-refractivity contribution in [3.8, 4) is 0 Å². The fourth-order valence-electron chi connectivity index (χ4n) is 1.92. The van der Waals surface area contributed by atoms with E-state index in [9.17, 15) is 8.42 Å². The van der Waals surface area contributed by atoms with Gasteiger partial charge in [-0.05, 0) is 26.8 Å². The average molecular weight is 220 g/mol. The highest BCUT2D eigenvalue weighted by Gasteiger charge is 2.26. The largest absolute Gasteiger partial charge is 0.327 e. The van der Waals surface area contributed by atoms with E-state index in [1.54, 1.807) is 0 Å². The predicted octanol–water partition coefficient (Wildman–Crippen LogP) is -0.157. The lowest BCUT2D eigenvalue weighted by atomic mass is 10.1. The number of likely N-dealkylation sites (N-methyl/N-ethyl adjacent to an activating group) is 1. The summed E-state index contributed by atoms with van der Waals surface area (Å²) >= 11 is 0. The van der Waals surface area contributed by atoms with Crippen molar-refractivity contribution in [1.82, 2.24) is 4.90 Å². The Morgan fingerprint density at radius 3 is 2.36 bits per heavy atom. The zero-order chi connectivity index (χ0) is 10.8. The lowest BCUT2D eigenvalue weighted by Gasteiger charge is -2.31. The van der Waals surface area contributed by atoms with Gasteiger partial charge in [-0.1, -0.05) is 0 Å². The molecule has 0 aromatic carbocycles. The maximum atomic E-state index is 11.2. The second-order valence-electron chi connectivity index (χ2n) is 4.30. The maximum Gasteiger partial charge on any atom is 0.150 e. The Morgan fingerprint density at radius 1 is 1.43 bits per heavy atom. The minimum atomic E-state index is -2.74. The molecule has 4 nitrogen and oxygen atoms in total. The monoisotopic (exact) mass is 220 g/mol. The molecule has 2 N–H and O–H groups in total. The Morgan fingerprint density at radius 2 is 1.93 bits per heavy atom. The molecule has 1 aliphatic heterocycles. The number of hydrogen-bond donors (Lipinski definition) is 1. The molecule has 0 aromatic rings. The van der Waals surface area contributed by atoms with Gasteiger partial charge in [0.1, 0.15) is 9.84 Å². The molecule has 1 atom stereocenters. The van der Waals surface area contributed by atoms with Gasteiger partial charge in [0.2, 0.25) is 0 Å². The second kappa shape index (κ2) is 4.59. The van der Waals surface area contributed by atoms with E-state index in [1.165, 1.54) is 0 Å². The van der Waals surface area contributed by atoms with Crippen molar-refractivity contribution in [2.75, 3.05) is 25.1 Å². The minimum Gasteiger partial charge on any atom is -0.327 e. The van der Waals surface area contributed by atoms with Crippen LogP contribution in [0.4, 0.5) is 0 Å². The summed E-state index contributed by atoms with van der Waals surface area (Å²) in [5, 5.41) is 0. The van der Waals surface area contributed by atoms with Gasteiger partial charge in [0.25, 0.3) is 0 Å². The summed E-state index contributed by atoms with van der Waals surface area (Å²) in [6, 6.07) is 0.544. The third-order valence-electron chi connectivity index (χ3n) is 2.72. The molecule has 0 bridgehead atoms. The van der Waals surface area contributed by atoms with E-state index in [1.807, 2.05) is 14.0 Å². The molecular weight excluding hydrogens is 200 g/mol. The van der Waals surface area contributed by atoms with Gasteiger partial charge in [-0.2, -0.15) is 0 Å². The molecule has 1 saturated heterocycles. The average Bonchev–Trinajstić information content (AvgIpc) is 2.02. The van der Waals surface area contributed by atoms with Crippen LogP contribution in [0.25, 0.3) is 0 Å². The van der Waals surface area contributed by atoms with E-state index in [0.717, 1.165) is 19.4 Å². The Balaban J connectivity index is 2.41. The molecular formula is C9H20N2O2S. The van der Waals surface area contributed by atoms with E-state index in [-0.39, 0.29) is 6.04 Å². The molecule has 1 unspecified atom stereocenters. The standard InChI is InChI=1S/C9H20N2O2S/c1-8(10)7-11(2)9-3-5-14(12,13)6-4-9/h8-9H,3-7,10H2,1-2H3. The summed E-state index contributed by atoms with van der Waals surface area (Å²) in [5.41, 5.74) is 5.69. The number of rotatable bonds is 3. The van der Waals surface area contributed by atoms with Crippen LogP contribution in [0.1, 0.15) is 19.8 Å². The van der Waals surface area contributed by atoms with Crippen molar-refractivity contribution >= 4 is 9.84 Å². The minimum absolute atomic E-state index is 0.151. The Bertz CT molecular complexity index is 261. The van der Waals surface area contributed by atoms with Crippen molar-refractivity contribution in [3.63, 3.8) is 0 Å². The van der Waals surface area contributed by atoms with E-state index in [4.69, 9.17) is 5.73 Å². The Kier molecular flexibility index (Phi) is 3.92. The molecule has 1 aliphatic rings. The van der Waals surface area contributed by atoms with Gasteiger partial charge in [0.05, 0.1) is 11.5 Å². The molecule has 1 heterocycles. The highest BCUT2D eigenvalue weighted by molar-refractivity contribution is 7.91. The molecule has 0 radical (unpaired) electrons. The molecule has 14 heavy (non-hydrogen) atoms. The third-order valence-corrected chi connectivity index (χ3v) is 4.44. The maximum absolute atomic E-state index is 11.2. The van der Waals surface area contributed by atoms with Crippen molar-refractivity contribution in [2.45, 2.75) is 31.8 Å². The van der Waals surface area contributed by atoms with Gasteiger partial charge >= 0.3 is 0 Å². The zero-order valence-electron chi connectivity index (χ0n) is 8.94. The van der Waals surface area contributed by atoms with E-state index in [2.05, 4.69) is 4.90 Å². The van der Waals surface area contributed by atoms with E-state index < -0.39 is 9.84 Å². The first kappa shape index (κ1) is 11.9. The van der Waals surface area contributed by atoms with Crippen molar-refractivity contribution in [1.29, 1.82) is 0 Å². The molecule has 0 aliphatic carbocycles. The van der Waals surface area contributed by atoms with Crippen LogP contribution in [0.5, 0.6) is 0 Å². The Hall–Kier alpha value is -0.130. The summed E-state index contributed by atoms with van der Waals surface area (Å²) in [7, 11) is -0.716. The number of nitrogens with two attached hydrogens (primary N) is 1. The van der Waals surface area contributed by atoms with Gasteiger partial charge in [-0.15, -0.1) is 0 Å². The zero-order valence-corrected chi connectivity index (χ0v) is 9.76. The highest BCUT2D eigenvalue weighted by atomic mass is 32.2. The molecule has 0 amide bonds. The van der Waals surface area contributed by atoms with Gasteiger partial charge < -0.3 is 10.6 Å². The SMILES string of the molecule is CC(N)CN(C)C1CCS(=O)(=O)CC1. The summed E-state index contributed by atoms with van der Waals surface area (Å²) in [6.07, 6.45) is 1.51. The molecule has 1 fully saturated rings. The fourth-order valence-corrected chi connectivity index (χ4v) is 3.39. The molecule has 0 aromatic heterocycles. The molecule has 5 heteroatoms. The molecule has 1 rings (SSSR count). The van der Waals surface area contributed by atoms with Crippen LogP contribution in [0.2, 0.25) is 0 Å². The molecule has 84 valence electrons. The van der Waals surface area contributed by atoms with Crippen molar-refractivity contribution in [2.24, 2.45) is 5.73 Å². The van der Waals surface area contributed by atoms with Crippen molar-refractivity contribution < 1.29 is 8.42 Å². The fraction of sp³-hybridized carbons (Fsp3) is 1.00. The first-order valence-corrected chi connectivity index (χ1v) is 6.89. The van der Waals surface area contributed by atoms with E-state index >= 15 is 0 Å². The quantitative estimate of drug-likeness (QED) is 0.718. The number of hydrogen-bond acceptors (Lipinski definition) is 4. The second-order valence-corrected chi connectivity index (χ2v) is 6.60. The highest BCUT2D eigenvalue weighted by Crippen LogP contribution is 2.16. The van der Waals surface area contributed by atoms with Crippen LogP contribution in [0.15, 0.2) is 0 Å². The van der Waals surface area contributed by atoms with Crippen LogP contribution in [-0.4, -0.2) is 50.5 Å². The first-order valence-electron chi connectivity index (χ1n) is 5.07. The topological polar surface area (TPSA) is 63.4 Å². The lowest BCUT2D eigenvalue weighted by molar-refractivity contribution is 0.217. The van der Waals surface area contributed by atoms with Gasteiger partial charge in [0, 0.05) is 18.6 Å². The van der Waals surface area contributed by atoms with Crippen LogP contribution >= 0.6 is 0 Å².